The van der Waals surface area contributed by atoms with Crippen molar-refractivity contribution in [3.05, 3.63) is 87.8 Å². The molecule has 214 valence electrons. The molecule has 13 nitrogen and oxygen atoms in total. The van der Waals surface area contributed by atoms with Crippen LogP contribution in [0.5, 0.6) is 0 Å². The molecule has 4 aromatic heterocycles. The molecule has 0 aliphatic carbocycles. The third-order valence-electron chi connectivity index (χ3n) is 6.78. The summed E-state index contributed by atoms with van der Waals surface area (Å²) in [4.78, 5) is 36.6. The molecule has 1 amide bonds. The monoisotopic (exact) mass is 591 g/mol. The Hall–Kier alpha value is -4.95. The number of H-pyrrole nitrogens is 1. The summed E-state index contributed by atoms with van der Waals surface area (Å²) < 4.78 is 27.9. The number of carbonyl (C=O) groups is 1. The third-order valence-corrected chi connectivity index (χ3v) is 7.08. The number of tetrazole rings is 1. The van der Waals surface area contributed by atoms with Crippen molar-refractivity contribution < 1.29 is 18.7 Å². The number of amides is 1. The van der Waals surface area contributed by atoms with E-state index in [1.54, 1.807) is 22.8 Å². The maximum absolute atomic E-state index is 15.0. The van der Waals surface area contributed by atoms with Gasteiger partial charge in [-0.05, 0) is 53.1 Å². The molecule has 0 bridgehead atoms. The molecule has 2 N–H and O–H groups in total. The lowest BCUT2D eigenvalue weighted by Crippen LogP contribution is -2.24. The van der Waals surface area contributed by atoms with Crippen LogP contribution in [0.15, 0.2) is 59.8 Å². The number of para-hydroxylation sites is 1. The van der Waals surface area contributed by atoms with Crippen molar-refractivity contribution in [1.29, 1.82) is 0 Å². The Balaban J connectivity index is 1.25. The van der Waals surface area contributed by atoms with Crippen LogP contribution in [0.25, 0.3) is 28.2 Å². The number of hydrogen-bond acceptors (Lipinski definition) is 9. The predicted octanol–water partition coefficient (Wildman–Crippen LogP) is 3.80. The van der Waals surface area contributed by atoms with Gasteiger partial charge in [-0.1, -0.05) is 23.7 Å². The molecule has 6 rings (SSSR count). The molecule has 0 saturated carbocycles. The first kappa shape index (κ1) is 27.2. The Morgan fingerprint density at radius 1 is 1.24 bits per heavy atom. The molecule has 15 heteroatoms. The second-order valence-corrected chi connectivity index (χ2v) is 9.77. The molecule has 1 atom stereocenters. The summed E-state index contributed by atoms with van der Waals surface area (Å²) in [6.07, 6.45) is 3.26. The molecule has 0 spiro atoms. The number of benzene rings is 1. The standard InChI is InChI=1S/C27H23ClFN9O4/c1-41-9-10-42-27(40)32-16-5-7-20(30-13-16)23-25(29)34-26(33-23)21-8-6-17-11-15(12-22(39)38(17)21)18-3-2-4-19(28)24(18)37-14-31-35-36-37/h2-5,7,11-14,21H,6,8-10H2,1H3,(H,32,40)(H,33,34)/t21-/m0/s1. The van der Waals surface area contributed by atoms with Gasteiger partial charge in [-0.3, -0.25) is 15.1 Å². The summed E-state index contributed by atoms with van der Waals surface area (Å²) in [7, 11) is 1.50. The van der Waals surface area contributed by atoms with E-state index in [4.69, 9.17) is 21.1 Å². The first-order valence-electron chi connectivity index (χ1n) is 12.8. The van der Waals surface area contributed by atoms with Gasteiger partial charge in [0.2, 0.25) is 5.95 Å². The third kappa shape index (κ3) is 5.24. The van der Waals surface area contributed by atoms with Gasteiger partial charge in [-0.2, -0.15) is 9.07 Å². The first-order valence-corrected chi connectivity index (χ1v) is 13.2. The molecule has 5 aromatic rings. The largest absolute Gasteiger partial charge is 0.447 e. The van der Waals surface area contributed by atoms with Crippen LogP contribution in [-0.4, -0.2) is 66.1 Å². The van der Waals surface area contributed by atoms with Gasteiger partial charge in [-0.15, -0.1) is 5.10 Å². The van der Waals surface area contributed by atoms with Crippen LogP contribution in [0.3, 0.4) is 0 Å². The molecule has 0 radical (unpaired) electrons. The smallest absolute Gasteiger partial charge is 0.411 e. The van der Waals surface area contributed by atoms with Gasteiger partial charge < -0.3 is 19.0 Å². The van der Waals surface area contributed by atoms with Crippen molar-refractivity contribution in [2.45, 2.75) is 18.9 Å². The predicted molar refractivity (Wildman–Crippen MR) is 149 cm³/mol. The number of ether oxygens (including phenoxy) is 2. The zero-order valence-corrected chi connectivity index (χ0v) is 22.9. The average Bonchev–Trinajstić information content (AvgIpc) is 3.74. The van der Waals surface area contributed by atoms with E-state index in [1.165, 1.54) is 36.4 Å². The summed E-state index contributed by atoms with van der Waals surface area (Å²) in [5.74, 6) is -0.376. The first-order chi connectivity index (χ1) is 20.4. The number of fused-ring (bicyclic) bond motifs is 1. The summed E-state index contributed by atoms with van der Waals surface area (Å²) >= 11 is 6.47. The van der Waals surface area contributed by atoms with Gasteiger partial charge in [0.05, 0.1) is 40.9 Å². The fourth-order valence-corrected chi connectivity index (χ4v) is 5.19. The van der Waals surface area contributed by atoms with Crippen LogP contribution in [0.2, 0.25) is 5.02 Å². The fourth-order valence-electron chi connectivity index (χ4n) is 4.93. The van der Waals surface area contributed by atoms with Crippen molar-refractivity contribution in [2.75, 3.05) is 25.6 Å². The Labute approximate surface area is 242 Å². The fraction of sp³-hybridized carbons (Fsp3) is 0.222. The number of methoxy groups -OCH3 is 1. The van der Waals surface area contributed by atoms with E-state index >= 15 is 4.39 Å². The molecular weight excluding hydrogens is 569 g/mol. The van der Waals surface area contributed by atoms with E-state index in [1.807, 2.05) is 12.1 Å². The lowest BCUT2D eigenvalue weighted by molar-refractivity contribution is 0.107. The van der Waals surface area contributed by atoms with Gasteiger partial charge >= 0.3 is 6.09 Å². The molecule has 5 heterocycles. The van der Waals surface area contributed by atoms with Crippen LogP contribution in [-0.2, 0) is 15.9 Å². The van der Waals surface area contributed by atoms with E-state index in [0.29, 0.717) is 46.2 Å². The Kier molecular flexibility index (Phi) is 7.46. The second kappa shape index (κ2) is 11.5. The molecule has 1 aliphatic rings. The summed E-state index contributed by atoms with van der Waals surface area (Å²) in [5.41, 5.74) is 3.04. The normalized spacial score (nSPS) is 14.1. The number of rotatable bonds is 8. The number of anilines is 1. The number of carbonyl (C=O) groups excluding carboxylic acids is 1. The summed E-state index contributed by atoms with van der Waals surface area (Å²) in [6, 6.07) is 11.4. The maximum Gasteiger partial charge on any atom is 0.411 e. The lowest BCUT2D eigenvalue weighted by Gasteiger charge is -2.15. The van der Waals surface area contributed by atoms with Gasteiger partial charge in [-0.25, -0.2) is 9.78 Å². The van der Waals surface area contributed by atoms with Crippen molar-refractivity contribution in [3.63, 3.8) is 0 Å². The zero-order chi connectivity index (χ0) is 29.2. The van der Waals surface area contributed by atoms with Crippen molar-refractivity contribution in [3.8, 4) is 28.2 Å². The number of aryl methyl sites for hydroxylation is 1. The SMILES string of the molecule is COCCOC(=O)Nc1ccc(-c2nc([C@@H]3CCc4cc(-c5cccc(Cl)c5-n5cnnn5)cc(=O)n43)[nH]c2F)nc1. The highest BCUT2D eigenvalue weighted by atomic mass is 35.5. The van der Waals surface area contributed by atoms with Crippen LogP contribution in [0.4, 0.5) is 14.9 Å². The van der Waals surface area contributed by atoms with E-state index in [2.05, 4.69) is 35.8 Å². The number of halogens is 2. The highest BCUT2D eigenvalue weighted by Crippen LogP contribution is 2.35. The van der Waals surface area contributed by atoms with E-state index < -0.39 is 18.1 Å². The lowest BCUT2D eigenvalue weighted by atomic mass is 10.0. The Bertz CT molecular complexity index is 1810. The molecule has 0 fully saturated rings. The van der Waals surface area contributed by atoms with Crippen molar-refractivity contribution in [2.24, 2.45) is 0 Å². The van der Waals surface area contributed by atoms with Gasteiger partial charge in [0, 0.05) is 24.4 Å². The van der Waals surface area contributed by atoms with Crippen LogP contribution in [0.1, 0.15) is 24.0 Å². The van der Waals surface area contributed by atoms with E-state index in [-0.39, 0.29) is 30.2 Å². The topological polar surface area (TPSA) is 155 Å². The molecule has 0 saturated heterocycles. The number of hydrogen-bond donors (Lipinski definition) is 2. The van der Waals surface area contributed by atoms with Gasteiger partial charge in [0.15, 0.2) is 0 Å². The molecular formula is C27H23ClFN9O4. The molecule has 1 aliphatic heterocycles. The van der Waals surface area contributed by atoms with Gasteiger partial charge in [0.1, 0.15) is 24.5 Å². The number of pyridine rings is 2. The van der Waals surface area contributed by atoms with Crippen LogP contribution >= 0.6 is 11.6 Å². The molecule has 1 aromatic carbocycles. The minimum absolute atomic E-state index is 0.00218. The number of nitrogens with one attached hydrogen (secondary N) is 2. The second-order valence-electron chi connectivity index (χ2n) is 9.36. The van der Waals surface area contributed by atoms with Gasteiger partial charge in [0.25, 0.3) is 5.56 Å². The number of aromatic nitrogens is 8. The van der Waals surface area contributed by atoms with Crippen molar-refractivity contribution in [1.82, 2.24) is 39.7 Å². The van der Waals surface area contributed by atoms with Crippen LogP contribution < -0.4 is 10.9 Å². The Morgan fingerprint density at radius 2 is 2.12 bits per heavy atom. The van der Waals surface area contributed by atoms with Crippen molar-refractivity contribution >= 4 is 23.4 Å². The minimum Gasteiger partial charge on any atom is -0.447 e. The quantitative estimate of drug-likeness (QED) is 0.256. The highest BCUT2D eigenvalue weighted by molar-refractivity contribution is 6.33. The maximum atomic E-state index is 15.0. The minimum atomic E-state index is -0.680. The summed E-state index contributed by atoms with van der Waals surface area (Å²) in [6.45, 7) is 0.376. The number of aromatic amines is 1. The molecule has 42 heavy (non-hydrogen) atoms. The molecule has 0 unspecified atom stereocenters. The Morgan fingerprint density at radius 3 is 2.88 bits per heavy atom. The number of imidazole rings is 1. The van der Waals surface area contributed by atoms with Crippen LogP contribution in [0, 0.1) is 5.95 Å². The highest BCUT2D eigenvalue weighted by Gasteiger charge is 2.30. The number of nitrogens with zero attached hydrogens (tertiary/aromatic N) is 7. The average molecular weight is 592 g/mol. The zero-order valence-electron chi connectivity index (χ0n) is 22.1. The summed E-state index contributed by atoms with van der Waals surface area (Å²) in [5, 5.41) is 14.3. The van der Waals surface area contributed by atoms with E-state index in [9.17, 15) is 9.59 Å². The van der Waals surface area contributed by atoms with E-state index in [0.717, 1.165) is 5.69 Å².